The molecule has 4 rings (SSSR count). The number of pyridine rings is 1. The van der Waals surface area contributed by atoms with Crippen LogP contribution in [0.2, 0.25) is 0 Å². The number of amides is 2. The second kappa shape index (κ2) is 10.4. The summed E-state index contributed by atoms with van der Waals surface area (Å²) >= 11 is 0. The van der Waals surface area contributed by atoms with Gasteiger partial charge < -0.3 is 25.6 Å². The van der Waals surface area contributed by atoms with Gasteiger partial charge in [0.2, 0.25) is 11.8 Å². The van der Waals surface area contributed by atoms with Crippen molar-refractivity contribution >= 4 is 34.8 Å². The number of benzene rings is 1. The van der Waals surface area contributed by atoms with Crippen LogP contribution in [0.3, 0.4) is 0 Å². The number of nitrogens with zero attached hydrogens (tertiary/aromatic N) is 4. The van der Waals surface area contributed by atoms with Gasteiger partial charge in [0.15, 0.2) is 5.82 Å². The van der Waals surface area contributed by atoms with E-state index in [1.807, 2.05) is 36.4 Å². The number of hydrogen-bond acceptors (Lipinski definition) is 8. The molecular weight excluding hydrogens is 422 g/mol. The Kier molecular flexibility index (Phi) is 6.93. The molecule has 0 radical (unpaired) electrons. The number of rotatable bonds is 9. The van der Waals surface area contributed by atoms with Crippen LogP contribution in [0.15, 0.2) is 60.9 Å². The zero-order valence-electron chi connectivity index (χ0n) is 18.2. The van der Waals surface area contributed by atoms with Crippen molar-refractivity contribution in [1.29, 1.82) is 0 Å². The van der Waals surface area contributed by atoms with E-state index in [1.165, 1.54) is 0 Å². The van der Waals surface area contributed by atoms with Crippen molar-refractivity contribution in [2.24, 2.45) is 5.92 Å². The molecule has 0 saturated carbocycles. The van der Waals surface area contributed by atoms with Gasteiger partial charge in [-0.05, 0) is 36.4 Å². The summed E-state index contributed by atoms with van der Waals surface area (Å²) in [5, 5.41) is 17.4. The van der Waals surface area contributed by atoms with Crippen molar-refractivity contribution in [3.8, 4) is 5.75 Å². The van der Waals surface area contributed by atoms with Gasteiger partial charge >= 0.3 is 0 Å². The molecule has 0 unspecified atom stereocenters. The highest BCUT2D eigenvalue weighted by atomic mass is 16.5. The quantitative estimate of drug-likeness (QED) is 0.427. The molecule has 0 aliphatic carbocycles. The fourth-order valence-electron chi connectivity index (χ4n) is 3.51. The number of anilines is 4. The SMILES string of the molecule is COc1cccc(N2C[C@@H](C(=O)NCCNc3ccc(Nc4ccncc4)nn3)CC2=O)c1. The smallest absolute Gasteiger partial charge is 0.227 e. The fraction of sp³-hybridized carbons (Fsp3) is 0.261. The molecule has 170 valence electrons. The van der Waals surface area contributed by atoms with Crippen molar-refractivity contribution < 1.29 is 14.3 Å². The van der Waals surface area contributed by atoms with E-state index in [0.29, 0.717) is 37.0 Å². The Bertz CT molecular complexity index is 1090. The summed E-state index contributed by atoms with van der Waals surface area (Å²) in [6.45, 7) is 1.24. The first-order valence-corrected chi connectivity index (χ1v) is 10.6. The highest BCUT2D eigenvalue weighted by Crippen LogP contribution is 2.27. The van der Waals surface area contributed by atoms with E-state index in [1.54, 1.807) is 36.5 Å². The Balaban J connectivity index is 1.21. The van der Waals surface area contributed by atoms with Gasteiger partial charge in [0, 0.05) is 55.9 Å². The highest BCUT2D eigenvalue weighted by molar-refractivity contribution is 6.00. The van der Waals surface area contributed by atoms with E-state index in [0.717, 1.165) is 11.4 Å². The second-order valence-electron chi connectivity index (χ2n) is 7.49. The lowest BCUT2D eigenvalue weighted by Crippen LogP contribution is -2.35. The number of carbonyl (C=O) groups excluding carboxylic acids is 2. The third-order valence-corrected chi connectivity index (χ3v) is 5.21. The lowest BCUT2D eigenvalue weighted by Gasteiger charge is -2.17. The van der Waals surface area contributed by atoms with Crippen LogP contribution in [0.25, 0.3) is 0 Å². The van der Waals surface area contributed by atoms with E-state index >= 15 is 0 Å². The van der Waals surface area contributed by atoms with Gasteiger partial charge in [-0.2, -0.15) is 0 Å². The zero-order chi connectivity index (χ0) is 23.0. The van der Waals surface area contributed by atoms with Gasteiger partial charge in [0.05, 0.1) is 13.0 Å². The molecule has 1 atom stereocenters. The summed E-state index contributed by atoms with van der Waals surface area (Å²) in [5.74, 6) is 1.29. The minimum Gasteiger partial charge on any atom is -0.497 e. The van der Waals surface area contributed by atoms with Gasteiger partial charge in [-0.25, -0.2) is 0 Å². The molecule has 3 aromatic rings. The number of nitrogens with one attached hydrogen (secondary N) is 3. The maximum Gasteiger partial charge on any atom is 0.227 e. The van der Waals surface area contributed by atoms with Crippen LogP contribution in [-0.2, 0) is 9.59 Å². The normalized spacial score (nSPS) is 15.2. The van der Waals surface area contributed by atoms with Crippen LogP contribution in [0, 0.1) is 5.92 Å². The van der Waals surface area contributed by atoms with Crippen molar-refractivity contribution in [3.63, 3.8) is 0 Å². The van der Waals surface area contributed by atoms with Crippen LogP contribution >= 0.6 is 0 Å². The third-order valence-electron chi connectivity index (χ3n) is 5.21. The first-order valence-electron chi connectivity index (χ1n) is 10.6. The summed E-state index contributed by atoms with van der Waals surface area (Å²) in [5.41, 5.74) is 1.61. The molecule has 1 saturated heterocycles. The molecule has 1 fully saturated rings. The van der Waals surface area contributed by atoms with E-state index in [9.17, 15) is 9.59 Å². The largest absolute Gasteiger partial charge is 0.497 e. The Labute approximate surface area is 191 Å². The van der Waals surface area contributed by atoms with Crippen molar-refractivity contribution in [2.45, 2.75) is 6.42 Å². The summed E-state index contributed by atoms with van der Waals surface area (Å²) in [6.07, 6.45) is 3.57. The molecular formula is C23H25N7O3. The van der Waals surface area contributed by atoms with Crippen molar-refractivity contribution in [1.82, 2.24) is 20.5 Å². The number of methoxy groups -OCH3 is 1. The summed E-state index contributed by atoms with van der Waals surface area (Å²) in [6, 6.07) is 14.6. The highest BCUT2D eigenvalue weighted by Gasteiger charge is 2.35. The van der Waals surface area contributed by atoms with Crippen molar-refractivity contribution in [2.75, 3.05) is 42.3 Å². The molecule has 2 amide bonds. The molecule has 2 aromatic heterocycles. The third kappa shape index (κ3) is 5.73. The maximum atomic E-state index is 12.5. The topological polar surface area (TPSA) is 121 Å². The zero-order valence-corrected chi connectivity index (χ0v) is 18.2. The molecule has 0 spiro atoms. The minimum absolute atomic E-state index is 0.0720. The van der Waals surface area contributed by atoms with Crippen LogP contribution in [-0.4, -0.2) is 53.7 Å². The Morgan fingerprint density at radius 1 is 1.09 bits per heavy atom. The lowest BCUT2D eigenvalue weighted by atomic mass is 10.1. The molecule has 1 aliphatic heterocycles. The molecule has 3 N–H and O–H groups in total. The van der Waals surface area contributed by atoms with Gasteiger partial charge in [-0.1, -0.05) is 6.07 Å². The first kappa shape index (κ1) is 22.0. The van der Waals surface area contributed by atoms with Gasteiger partial charge in [-0.15, -0.1) is 10.2 Å². The van der Waals surface area contributed by atoms with Crippen LogP contribution in [0.5, 0.6) is 5.75 Å². The molecule has 10 nitrogen and oxygen atoms in total. The van der Waals surface area contributed by atoms with Crippen LogP contribution < -0.4 is 25.6 Å². The van der Waals surface area contributed by atoms with E-state index in [2.05, 4.69) is 31.1 Å². The average Bonchev–Trinajstić information content (AvgIpc) is 3.25. The lowest BCUT2D eigenvalue weighted by molar-refractivity contribution is -0.126. The fourth-order valence-corrected chi connectivity index (χ4v) is 3.51. The van der Waals surface area contributed by atoms with E-state index in [4.69, 9.17) is 4.74 Å². The van der Waals surface area contributed by atoms with Gasteiger partial charge in [0.1, 0.15) is 11.6 Å². The van der Waals surface area contributed by atoms with Gasteiger partial charge in [0.25, 0.3) is 0 Å². The number of carbonyl (C=O) groups is 2. The summed E-state index contributed by atoms with van der Waals surface area (Å²) in [7, 11) is 1.58. The predicted octanol–water partition coefficient (Wildman–Crippen LogP) is 2.20. The summed E-state index contributed by atoms with van der Waals surface area (Å²) < 4.78 is 5.22. The summed E-state index contributed by atoms with van der Waals surface area (Å²) in [4.78, 5) is 30.5. The first-order chi connectivity index (χ1) is 16.1. The Hall–Kier alpha value is -4.21. The molecule has 1 aromatic carbocycles. The van der Waals surface area contributed by atoms with Crippen LogP contribution in [0.1, 0.15) is 6.42 Å². The molecule has 33 heavy (non-hydrogen) atoms. The Morgan fingerprint density at radius 3 is 2.64 bits per heavy atom. The Morgan fingerprint density at radius 2 is 1.88 bits per heavy atom. The molecule has 1 aliphatic rings. The molecule has 10 heteroatoms. The second-order valence-corrected chi connectivity index (χ2v) is 7.49. The average molecular weight is 447 g/mol. The van der Waals surface area contributed by atoms with Crippen LogP contribution in [0.4, 0.5) is 23.0 Å². The molecule has 0 bridgehead atoms. The number of ether oxygens (including phenoxy) is 1. The number of aromatic nitrogens is 3. The number of hydrogen-bond donors (Lipinski definition) is 3. The standard InChI is InChI=1S/C23H25N7O3/c1-33-19-4-2-3-18(14-19)30-15-16(13-22(30)31)23(32)26-12-11-25-20-5-6-21(29-28-20)27-17-7-9-24-10-8-17/h2-10,14,16H,11-13,15H2,1H3,(H,25,28)(H,26,32)(H,24,27,29)/t16-/m0/s1. The van der Waals surface area contributed by atoms with E-state index < -0.39 is 0 Å². The maximum absolute atomic E-state index is 12.5. The molecule has 3 heterocycles. The van der Waals surface area contributed by atoms with E-state index in [-0.39, 0.29) is 24.2 Å². The van der Waals surface area contributed by atoms with Crippen molar-refractivity contribution in [3.05, 3.63) is 60.9 Å². The minimum atomic E-state index is -0.387. The predicted molar refractivity (Wildman–Crippen MR) is 125 cm³/mol. The van der Waals surface area contributed by atoms with Gasteiger partial charge in [-0.3, -0.25) is 14.6 Å². The monoisotopic (exact) mass is 447 g/mol.